The highest BCUT2D eigenvalue weighted by Crippen LogP contribution is 2.21. The standard InChI is InChI=1S/C15H22ClN3O/c1-11(10-19-7-2-3-8-19)9-18-15(20)14-12(16)5-4-6-13(14)17/h4-6,11H,2-3,7-10,17H2,1H3,(H,18,20). The van der Waals surface area contributed by atoms with Crippen LogP contribution in [-0.4, -0.2) is 37.0 Å². The molecular formula is C15H22ClN3O. The minimum atomic E-state index is -0.193. The first-order valence-electron chi connectivity index (χ1n) is 7.12. The van der Waals surface area contributed by atoms with Gasteiger partial charge in [-0.2, -0.15) is 0 Å². The quantitative estimate of drug-likeness (QED) is 0.820. The number of hydrogen-bond acceptors (Lipinski definition) is 3. The summed E-state index contributed by atoms with van der Waals surface area (Å²) in [6.45, 7) is 6.17. The Balaban J connectivity index is 1.85. The molecule has 4 nitrogen and oxygen atoms in total. The molecule has 3 N–H and O–H groups in total. The van der Waals surface area contributed by atoms with Gasteiger partial charge in [-0.1, -0.05) is 24.6 Å². The third-order valence-electron chi connectivity index (χ3n) is 3.65. The first-order valence-corrected chi connectivity index (χ1v) is 7.50. The van der Waals surface area contributed by atoms with E-state index in [0.29, 0.717) is 28.7 Å². The first-order chi connectivity index (χ1) is 9.58. The van der Waals surface area contributed by atoms with E-state index in [2.05, 4.69) is 17.1 Å². The van der Waals surface area contributed by atoms with Crippen molar-refractivity contribution in [1.29, 1.82) is 0 Å². The molecule has 1 aliphatic rings. The molecule has 1 amide bonds. The molecule has 110 valence electrons. The van der Waals surface area contributed by atoms with Crippen LogP contribution in [-0.2, 0) is 0 Å². The minimum absolute atomic E-state index is 0.193. The van der Waals surface area contributed by atoms with Gasteiger partial charge in [-0.05, 0) is 44.0 Å². The Labute approximate surface area is 125 Å². The molecule has 20 heavy (non-hydrogen) atoms. The molecule has 1 aromatic carbocycles. The lowest BCUT2D eigenvalue weighted by Crippen LogP contribution is -2.34. The number of carbonyl (C=O) groups excluding carboxylic acids is 1. The Morgan fingerprint density at radius 2 is 2.15 bits per heavy atom. The number of carbonyl (C=O) groups is 1. The second-order valence-electron chi connectivity index (χ2n) is 5.53. The zero-order valence-corrected chi connectivity index (χ0v) is 12.6. The average molecular weight is 296 g/mol. The number of likely N-dealkylation sites (tertiary alicyclic amines) is 1. The van der Waals surface area contributed by atoms with Crippen molar-refractivity contribution in [3.05, 3.63) is 28.8 Å². The maximum Gasteiger partial charge on any atom is 0.254 e. The predicted molar refractivity (Wildman–Crippen MR) is 83.0 cm³/mol. The molecule has 2 rings (SSSR count). The van der Waals surface area contributed by atoms with Crippen LogP contribution in [0.5, 0.6) is 0 Å². The number of nitrogens with two attached hydrogens (primary N) is 1. The molecule has 1 saturated heterocycles. The minimum Gasteiger partial charge on any atom is -0.398 e. The number of anilines is 1. The van der Waals surface area contributed by atoms with Crippen LogP contribution in [0.3, 0.4) is 0 Å². The van der Waals surface area contributed by atoms with Gasteiger partial charge in [-0.25, -0.2) is 0 Å². The summed E-state index contributed by atoms with van der Waals surface area (Å²) in [4.78, 5) is 14.6. The molecular weight excluding hydrogens is 274 g/mol. The summed E-state index contributed by atoms with van der Waals surface area (Å²) in [7, 11) is 0. The van der Waals surface area contributed by atoms with Crippen LogP contribution in [0.15, 0.2) is 18.2 Å². The van der Waals surface area contributed by atoms with Crippen LogP contribution in [0.2, 0.25) is 5.02 Å². The van der Waals surface area contributed by atoms with Crippen LogP contribution < -0.4 is 11.1 Å². The van der Waals surface area contributed by atoms with Crippen molar-refractivity contribution in [3.63, 3.8) is 0 Å². The maximum absolute atomic E-state index is 12.1. The molecule has 0 saturated carbocycles. The number of nitrogen functional groups attached to an aromatic ring is 1. The number of halogens is 1. The number of nitrogens with zero attached hydrogens (tertiary/aromatic N) is 1. The second-order valence-corrected chi connectivity index (χ2v) is 5.93. The molecule has 0 spiro atoms. The smallest absolute Gasteiger partial charge is 0.254 e. The summed E-state index contributed by atoms with van der Waals surface area (Å²) in [6, 6.07) is 5.11. The Bertz CT molecular complexity index is 452. The van der Waals surface area contributed by atoms with Crippen molar-refractivity contribution >= 4 is 23.2 Å². The van der Waals surface area contributed by atoms with Gasteiger partial charge in [0.15, 0.2) is 0 Å². The van der Waals surface area contributed by atoms with Gasteiger partial charge < -0.3 is 16.0 Å². The average Bonchev–Trinajstić information content (AvgIpc) is 2.89. The SMILES string of the molecule is CC(CNC(=O)c1c(N)cccc1Cl)CN1CCCC1. The molecule has 1 aliphatic heterocycles. The summed E-state index contributed by atoms with van der Waals surface area (Å²) < 4.78 is 0. The normalized spacial score (nSPS) is 17.1. The molecule has 0 aliphatic carbocycles. The van der Waals surface area contributed by atoms with Gasteiger partial charge in [0, 0.05) is 18.8 Å². The third kappa shape index (κ3) is 3.87. The number of nitrogens with one attached hydrogen (secondary N) is 1. The van der Waals surface area contributed by atoms with Gasteiger partial charge in [-0.3, -0.25) is 4.79 Å². The van der Waals surface area contributed by atoms with Gasteiger partial charge >= 0.3 is 0 Å². The van der Waals surface area contributed by atoms with Crippen LogP contribution in [0, 0.1) is 5.92 Å². The van der Waals surface area contributed by atoms with E-state index in [1.165, 1.54) is 25.9 Å². The summed E-state index contributed by atoms with van der Waals surface area (Å²) in [5.41, 5.74) is 6.60. The van der Waals surface area contributed by atoms with Crippen molar-refractivity contribution in [2.75, 3.05) is 31.9 Å². The Morgan fingerprint density at radius 3 is 2.80 bits per heavy atom. The molecule has 0 radical (unpaired) electrons. The van der Waals surface area contributed by atoms with Crippen LogP contribution in [0.4, 0.5) is 5.69 Å². The van der Waals surface area contributed by atoms with E-state index in [9.17, 15) is 4.79 Å². The molecule has 1 unspecified atom stereocenters. The molecule has 1 atom stereocenters. The van der Waals surface area contributed by atoms with Gasteiger partial charge in [0.1, 0.15) is 0 Å². The highest BCUT2D eigenvalue weighted by molar-refractivity contribution is 6.34. The van der Waals surface area contributed by atoms with E-state index < -0.39 is 0 Å². The summed E-state index contributed by atoms with van der Waals surface area (Å²) in [6.07, 6.45) is 2.57. The summed E-state index contributed by atoms with van der Waals surface area (Å²) in [5.74, 6) is 0.224. The molecule has 1 heterocycles. The van der Waals surface area contributed by atoms with Crippen LogP contribution in [0.25, 0.3) is 0 Å². The van der Waals surface area contributed by atoms with Gasteiger partial charge in [0.2, 0.25) is 0 Å². The lowest BCUT2D eigenvalue weighted by Gasteiger charge is -2.20. The van der Waals surface area contributed by atoms with Crippen molar-refractivity contribution < 1.29 is 4.79 Å². The van der Waals surface area contributed by atoms with Crippen LogP contribution in [0.1, 0.15) is 30.1 Å². The molecule has 0 bridgehead atoms. The lowest BCUT2D eigenvalue weighted by molar-refractivity contribution is 0.0946. The number of benzene rings is 1. The van der Waals surface area contributed by atoms with E-state index in [1.807, 2.05) is 0 Å². The number of hydrogen-bond donors (Lipinski definition) is 2. The largest absolute Gasteiger partial charge is 0.398 e. The van der Waals surface area contributed by atoms with Gasteiger partial charge in [-0.15, -0.1) is 0 Å². The van der Waals surface area contributed by atoms with Gasteiger partial charge in [0.05, 0.1) is 10.6 Å². The predicted octanol–water partition coefficient (Wildman–Crippen LogP) is 2.38. The highest BCUT2D eigenvalue weighted by Gasteiger charge is 2.17. The van der Waals surface area contributed by atoms with E-state index >= 15 is 0 Å². The van der Waals surface area contributed by atoms with Crippen molar-refractivity contribution in [1.82, 2.24) is 10.2 Å². The van der Waals surface area contributed by atoms with E-state index in [1.54, 1.807) is 18.2 Å². The number of rotatable bonds is 5. The zero-order valence-electron chi connectivity index (χ0n) is 11.9. The topological polar surface area (TPSA) is 58.4 Å². The summed E-state index contributed by atoms with van der Waals surface area (Å²) >= 11 is 6.03. The fraction of sp³-hybridized carbons (Fsp3) is 0.533. The zero-order chi connectivity index (χ0) is 14.5. The fourth-order valence-electron chi connectivity index (χ4n) is 2.61. The summed E-state index contributed by atoms with van der Waals surface area (Å²) in [5, 5.41) is 3.32. The Morgan fingerprint density at radius 1 is 1.45 bits per heavy atom. The van der Waals surface area contributed by atoms with E-state index in [-0.39, 0.29) is 5.91 Å². The lowest BCUT2D eigenvalue weighted by atomic mass is 10.1. The molecule has 1 aromatic rings. The Kier molecular flexibility index (Phi) is 5.26. The monoisotopic (exact) mass is 295 g/mol. The van der Waals surface area contributed by atoms with E-state index in [4.69, 9.17) is 17.3 Å². The van der Waals surface area contributed by atoms with E-state index in [0.717, 1.165) is 6.54 Å². The molecule has 1 fully saturated rings. The number of amides is 1. The Hall–Kier alpha value is -1.26. The highest BCUT2D eigenvalue weighted by atomic mass is 35.5. The van der Waals surface area contributed by atoms with Gasteiger partial charge in [0.25, 0.3) is 5.91 Å². The molecule has 5 heteroatoms. The van der Waals surface area contributed by atoms with Crippen LogP contribution >= 0.6 is 11.6 Å². The maximum atomic E-state index is 12.1. The first kappa shape index (κ1) is 15.1. The van der Waals surface area contributed by atoms with Crippen molar-refractivity contribution in [2.24, 2.45) is 5.92 Å². The third-order valence-corrected chi connectivity index (χ3v) is 3.97. The van der Waals surface area contributed by atoms with Crippen molar-refractivity contribution in [2.45, 2.75) is 19.8 Å². The van der Waals surface area contributed by atoms with Crippen molar-refractivity contribution in [3.8, 4) is 0 Å². The fourth-order valence-corrected chi connectivity index (χ4v) is 2.87. The second kappa shape index (κ2) is 6.95. The molecule has 0 aromatic heterocycles.